The largest absolute Gasteiger partial charge is 0.382 e. The second-order valence-corrected chi connectivity index (χ2v) is 7.50. The first-order chi connectivity index (χ1) is 11.6. The van der Waals surface area contributed by atoms with E-state index in [-0.39, 0.29) is 11.1 Å². The zero-order chi connectivity index (χ0) is 19.1. The number of benzene rings is 2. The van der Waals surface area contributed by atoms with Crippen molar-refractivity contribution in [1.29, 1.82) is 0 Å². The van der Waals surface area contributed by atoms with Crippen LogP contribution in [0.15, 0.2) is 58.3 Å². The Bertz CT molecular complexity index is 828. The van der Waals surface area contributed by atoms with Crippen LogP contribution in [0.5, 0.6) is 0 Å². The molecular weight excluding hydrogens is 368 g/mol. The Morgan fingerprint density at radius 2 is 1.04 bits per heavy atom. The Balaban J connectivity index is 0.000000550. The summed E-state index contributed by atoms with van der Waals surface area (Å²) in [5, 5.41) is 0. The van der Waals surface area contributed by atoms with Crippen molar-refractivity contribution >= 4 is 20.2 Å². The maximum absolute atomic E-state index is 11.3. The van der Waals surface area contributed by atoms with Crippen LogP contribution in [0.4, 0.5) is 0 Å². The van der Waals surface area contributed by atoms with Crippen LogP contribution < -0.4 is 0 Å². The predicted molar refractivity (Wildman–Crippen MR) is 93.7 cm³/mol. The van der Waals surface area contributed by atoms with Crippen LogP contribution in [0.2, 0.25) is 0 Å². The lowest BCUT2D eigenvalue weighted by Crippen LogP contribution is -2.04. The van der Waals surface area contributed by atoms with Crippen LogP contribution in [-0.4, -0.2) is 39.2 Å². The summed E-state index contributed by atoms with van der Waals surface area (Å²) in [5.74, 6) is 0. The zero-order valence-corrected chi connectivity index (χ0v) is 15.4. The molecule has 0 bridgehead atoms. The van der Waals surface area contributed by atoms with E-state index in [1.807, 2.05) is 13.8 Å². The normalized spacial score (nSPS) is 11.5. The van der Waals surface area contributed by atoms with Gasteiger partial charge in [-0.2, -0.15) is 16.8 Å². The third kappa shape index (κ3) is 6.22. The molecule has 0 aliphatic rings. The van der Waals surface area contributed by atoms with E-state index in [1.165, 1.54) is 36.4 Å². The van der Waals surface area contributed by atoms with Gasteiger partial charge in [0, 0.05) is 24.3 Å². The maximum atomic E-state index is 11.3. The van der Waals surface area contributed by atoms with E-state index in [0.717, 1.165) is 25.3 Å². The van der Waals surface area contributed by atoms with Gasteiger partial charge < -0.3 is 4.74 Å². The van der Waals surface area contributed by atoms with Gasteiger partial charge in [0.1, 0.15) is 9.79 Å². The number of hydrogen-bond acceptors (Lipinski definition) is 5. The second-order valence-electron chi connectivity index (χ2n) is 4.72. The minimum atomic E-state index is -4.52. The third-order valence-corrected chi connectivity index (χ3v) is 4.85. The lowest BCUT2D eigenvalue weighted by Gasteiger charge is -2.10. The van der Waals surface area contributed by atoms with Crippen molar-refractivity contribution in [3.63, 3.8) is 0 Å². The molecule has 138 valence electrons. The lowest BCUT2D eigenvalue weighted by molar-refractivity contribution is 0.162. The van der Waals surface area contributed by atoms with Crippen molar-refractivity contribution in [3.05, 3.63) is 48.5 Å². The summed E-state index contributed by atoms with van der Waals surface area (Å²) < 4.78 is 68.5. The van der Waals surface area contributed by atoms with Crippen molar-refractivity contribution in [2.24, 2.45) is 0 Å². The summed E-state index contributed by atoms with van der Waals surface area (Å²) in [7, 11) is -9.04. The Kier molecular flexibility index (Phi) is 7.71. The molecule has 0 radical (unpaired) electrons. The van der Waals surface area contributed by atoms with Crippen molar-refractivity contribution < 1.29 is 30.7 Å². The molecule has 2 aromatic carbocycles. The van der Waals surface area contributed by atoms with E-state index in [9.17, 15) is 25.9 Å². The Labute approximate surface area is 147 Å². The highest BCUT2D eigenvalue weighted by Gasteiger charge is 2.21. The van der Waals surface area contributed by atoms with Crippen molar-refractivity contribution in [1.82, 2.24) is 0 Å². The van der Waals surface area contributed by atoms with Crippen LogP contribution >= 0.6 is 0 Å². The molecule has 0 atom stereocenters. The predicted octanol–water partition coefficient (Wildman–Crippen LogP) is 2.89. The molecule has 0 aliphatic carbocycles. The van der Waals surface area contributed by atoms with Gasteiger partial charge in [0.15, 0.2) is 0 Å². The molecule has 0 spiro atoms. The fraction of sp³-hybridized carbons (Fsp3) is 0.250. The van der Waals surface area contributed by atoms with Crippen LogP contribution in [0.25, 0.3) is 11.1 Å². The molecule has 0 saturated heterocycles. The van der Waals surface area contributed by atoms with E-state index in [0.29, 0.717) is 0 Å². The molecule has 0 fully saturated rings. The van der Waals surface area contributed by atoms with Crippen LogP contribution in [0, 0.1) is 0 Å². The number of ether oxygens (including phenoxy) is 1. The smallest absolute Gasteiger partial charge is 0.295 e. The van der Waals surface area contributed by atoms with E-state index in [2.05, 4.69) is 0 Å². The quantitative estimate of drug-likeness (QED) is 0.756. The fourth-order valence-corrected chi connectivity index (χ4v) is 3.45. The van der Waals surface area contributed by atoms with Crippen LogP contribution in [-0.2, 0) is 25.0 Å². The molecule has 2 aromatic rings. The van der Waals surface area contributed by atoms with Crippen molar-refractivity contribution in [2.75, 3.05) is 13.2 Å². The van der Waals surface area contributed by atoms with Gasteiger partial charge in [0.05, 0.1) is 0 Å². The minimum absolute atomic E-state index is 0.0109. The van der Waals surface area contributed by atoms with E-state index in [4.69, 9.17) is 4.74 Å². The van der Waals surface area contributed by atoms with Crippen LogP contribution in [0.1, 0.15) is 13.8 Å². The first kappa shape index (κ1) is 21.3. The van der Waals surface area contributed by atoms with E-state index >= 15 is 0 Å². The van der Waals surface area contributed by atoms with Gasteiger partial charge in [-0.3, -0.25) is 9.11 Å². The molecule has 0 saturated carbocycles. The molecule has 2 rings (SSSR count). The molecule has 7 nitrogen and oxygen atoms in total. The molecule has 9 heteroatoms. The Morgan fingerprint density at radius 3 is 1.28 bits per heavy atom. The molecule has 0 unspecified atom stereocenters. The first-order valence-electron chi connectivity index (χ1n) is 7.34. The van der Waals surface area contributed by atoms with E-state index < -0.39 is 30.0 Å². The van der Waals surface area contributed by atoms with Gasteiger partial charge in [0.25, 0.3) is 20.2 Å². The van der Waals surface area contributed by atoms with Gasteiger partial charge in [-0.1, -0.05) is 36.4 Å². The molecule has 0 amide bonds. The zero-order valence-electron chi connectivity index (χ0n) is 13.8. The summed E-state index contributed by atoms with van der Waals surface area (Å²) in [4.78, 5) is -0.868. The highest BCUT2D eigenvalue weighted by atomic mass is 32.2. The van der Waals surface area contributed by atoms with E-state index in [1.54, 1.807) is 0 Å². The highest BCUT2D eigenvalue weighted by Crippen LogP contribution is 2.31. The van der Waals surface area contributed by atoms with Crippen LogP contribution in [0.3, 0.4) is 0 Å². The average Bonchev–Trinajstić information content (AvgIpc) is 2.55. The third-order valence-electron chi connectivity index (χ3n) is 3.03. The first-order valence-corrected chi connectivity index (χ1v) is 10.2. The summed E-state index contributed by atoms with van der Waals surface area (Å²) in [5.41, 5.74) is -0.0218. The molecule has 2 N–H and O–H groups in total. The standard InChI is InChI=1S/C12H10O6S2.C4H10O/c13-19(14,15)11-7-3-1-5-9(11)10-6-2-4-8-12(10)20(16,17)18;1-3-5-4-2/h1-8H,(H,13,14,15)(H,16,17,18);3-4H2,1-2H3. The van der Waals surface area contributed by atoms with Gasteiger partial charge >= 0.3 is 0 Å². The molecule has 25 heavy (non-hydrogen) atoms. The van der Waals surface area contributed by atoms with Gasteiger partial charge in [-0.15, -0.1) is 0 Å². The molecular formula is C16H20O7S2. The summed E-state index contributed by atoms with van der Waals surface area (Å²) in [6, 6.07) is 10.7. The SMILES string of the molecule is CCOCC.O=S(=O)(O)c1ccccc1-c1ccccc1S(=O)(=O)O. The summed E-state index contributed by atoms with van der Waals surface area (Å²) in [6.45, 7) is 5.67. The highest BCUT2D eigenvalue weighted by molar-refractivity contribution is 7.86. The molecule has 0 aliphatic heterocycles. The Morgan fingerprint density at radius 1 is 0.720 bits per heavy atom. The van der Waals surface area contributed by atoms with Gasteiger partial charge in [-0.25, -0.2) is 0 Å². The monoisotopic (exact) mass is 388 g/mol. The van der Waals surface area contributed by atoms with Gasteiger partial charge in [-0.05, 0) is 26.0 Å². The maximum Gasteiger partial charge on any atom is 0.295 e. The minimum Gasteiger partial charge on any atom is -0.382 e. The lowest BCUT2D eigenvalue weighted by atomic mass is 10.1. The fourth-order valence-electron chi connectivity index (χ4n) is 2.03. The molecule has 0 heterocycles. The average molecular weight is 388 g/mol. The summed E-state index contributed by atoms with van der Waals surface area (Å²) in [6.07, 6.45) is 0. The second kappa shape index (κ2) is 9.07. The van der Waals surface area contributed by atoms with Gasteiger partial charge in [0.2, 0.25) is 0 Å². The summed E-state index contributed by atoms with van der Waals surface area (Å²) >= 11 is 0. The Hall–Kier alpha value is -1.78. The number of rotatable bonds is 5. The van der Waals surface area contributed by atoms with Crippen molar-refractivity contribution in [3.8, 4) is 11.1 Å². The topological polar surface area (TPSA) is 118 Å². The van der Waals surface area contributed by atoms with Crippen molar-refractivity contribution in [2.45, 2.75) is 23.6 Å². The molecule has 0 aromatic heterocycles. The number of hydrogen-bond donors (Lipinski definition) is 2.